The van der Waals surface area contributed by atoms with Crippen LogP contribution < -0.4 is 15.8 Å². The molecule has 26 heavy (non-hydrogen) atoms. The van der Waals surface area contributed by atoms with Crippen molar-refractivity contribution in [1.82, 2.24) is 15.8 Å². The van der Waals surface area contributed by atoms with E-state index < -0.39 is 17.7 Å². The monoisotopic (exact) mass is 416 g/mol. The summed E-state index contributed by atoms with van der Waals surface area (Å²) in [5, 5.41) is 0. The number of hydrogen-bond donors (Lipinski definition) is 2. The van der Waals surface area contributed by atoms with Gasteiger partial charge in [0.1, 0.15) is 0 Å². The number of hydrogen-bond acceptors (Lipinski definition) is 4. The number of rotatable bonds is 3. The molecule has 0 unspecified atom stereocenters. The molecule has 1 atom stereocenters. The smallest absolute Gasteiger partial charge is 0.271 e. The van der Waals surface area contributed by atoms with Gasteiger partial charge in [-0.1, -0.05) is 15.9 Å². The third-order valence-electron chi connectivity index (χ3n) is 4.17. The zero-order valence-electron chi connectivity index (χ0n) is 14.0. The van der Waals surface area contributed by atoms with Gasteiger partial charge < -0.3 is 4.90 Å². The number of amides is 3. The second kappa shape index (κ2) is 7.65. The maximum absolute atomic E-state index is 12.3. The molecule has 3 amide bonds. The van der Waals surface area contributed by atoms with Gasteiger partial charge in [-0.05, 0) is 42.8 Å². The van der Waals surface area contributed by atoms with Crippen LogP contribution in [-0.2, 0) is 9.59 Å². The summed E-state index contributed by atoms with van der Waals surface area (Å²) in [6.07, 6.45) is 3.06. The Morgan fingerprint density at radius 3 is 2.77 bits per heavy atom. The zero-order valence-corrected chi connectivity index (χ0v) is 15.6. The minimum absolute atomic E-state index is 0.101. The van der Waals surface area contributed by atoms with E-state index >= 15 is 0 Å². The minimum atomic E-state index is -0.528. The van der Waals surface area contributed by atoms with Crippen molar-refractivity contribution >= 4 is 39.3 Å². The maximum Gasteiger partial charge on any atom is 0.271 e. The summed E-state index contributed by atoms with van der Waals surface area (Å²) in [5.74, 6) is -1.50. The number of aryl methyl sites for hydroxylation is 1. The molecule has 3 rings (SSSR count). The maximum atomic E-state index is 12.3. The molecule has 0 saturated carbocycles. The molecule has 0 aliphatic carbocycles. The summed E-state index contributed by atoms with van der Waals surface area (Å²) < 4.78 is 0.929. The molecule has 1 aliphatic heterocycles. The van der Waals surface area contributed by atoms with E-state index in [4.69, 9.17) is 0 Å². The first-order valence-electron chi connectivity index (χ1n) is 8.02. The van der Waals surface area contributed by atoms with Gasteiger partial charge >= 0.3 is 0 Å². The zero-order chi connectivity index (χ0) is 18.7. The second-order valence-electron chi connectivity index (χ2n) is 6.02. The highest BCUT2D eigenvalue weighted by molar-refractivity contribution is 9.10. The van der Waals surface area contributed by atoms with E-state index in [-0.39, 0.29) is 18.9 Å². The fraction of sp³-hybridized carbons (Fsp3) is 0.222. The summed E-state index contributed by atoms with van der Waals surface area (Å²) in [6, 6.07) is 8.85. The Hall–Kier alpha value is -2.74. The Bertz CT molecular complexity index is 857. The molecule has 2 heterocycles. The summed E-state index contributed by atoms with van der Waals surface area (Å²) in [5.41, 5.74) is 6.80. The highest BCUT2D eigenvalue weighted by atomic mass is 79.9. The predicted octanol–water partition coefficient (Wildman–Crippen LogP) is 1.97. The lowest BCUT2D eigenvalue weighted by molar-refractivity contribution is -0.126. The molecule has 7 nitrogen and oxygen atoms in total. The third-order valence-corrected chi connectivity index (χ3v) is 4.66. The van der Waals surface area contributed by atoms with E-state index in [1.165, 1.54) is 6.20 Å². The van der Waals surface area contributed by atoms with E-state index in [0.29, 0.717) is 5.56 Å². The van der Waals surface area contributed by atoms with Crippen molar-refractivity contribution in [3.63, 3.8) is 0 Å². The standard InChI is InChI=1S/C18H17BrN4O3/c1-11-7-14(19)4-5-15(11)23-10-13(8-16(23)24)18(26)22-21-17(25)12-3-2-6-20-9-12/h2-7,9,13H,8,10H2,1H3,(H,21,25)(H,22,26)/t13-/m1/s1. The molecule has 0 radical (unpaired) electrons. The largest absolute Gasteiger partial charge is 0.311 e. The van der Waals surface area contributed by atoms with E-state index in [2.05, 4.69) is 31.8 Å². The van der Waals surface area contributed by atoms with Crippen LogP contribution in [0.3, 0.4) is 0 Å². The number of carbonyl (C=O) groups excluding carboxylic acids is 3. The third kappa shape index (κ3) is 3.91. The molecule has 1 aliphatic rings. The van der Waals surface area contributed by atoms with Gasteiger partial charge in [0.05, 0.1) is 11.5 Å². The van der Waals surface area contributed by atoms with Gasteiger partial charge in [0, 0.05) is 35.5 Å². The van der Waals surface area contributed by atoms with E-state index in [0.717, 1.165) is 15.7 Å². The van der Waals surface area contributed by atoms with Gasteiger partial charge in [0.2, 0.25) is 11.8 Å². The molecule has 0 bridgehead atoms. The average Bonchev–Trinajstić information content (AvgIpc) is 3.02. The first-order chi connectivity index (χ1) is 12.5. The molecular weight excluding hydrogens is 400 g/mol. The van der Waals surface area contributed by atoms with Crippen molar-refractivity contribution in [1.29, 1.82) is 0 Å². The molecule has 0 spiro atoms. The fourth-order valence-electron chi connectivity index (χ4n) is 2.83. The molecule has 2 N–H and O–H groups in total. The van der Waals surface area contributed by atoms with Gasteiger partial charge in [-0.25, -0.2) is 0 Å². The molecule has 8 heteroatoms. The molecule has 1 saturated heterocycles. The normalized spacial score (nSPS) is 16.5. The lowest BCUT2D eigenvalue weighted by Gasteiger charge is -2.19. The quantitative estimate of drug-likeness (QED) is 0.748. The highest BCUT2D eigenvalue weighted by Crippen LogP contribution is 2.29. The average molecular weight is 417 g/mol. The van der Waals surface area contributed by atoms with Crippen LogP contribution in [0.15, 0.2) is 47.2 Å². The fourth-order valence-corrected chi connectivity index (χ4v) is 3.30. The van der Waals surface area contributed by atoms with Gasteiger partial charge in [-0.3, -0.25) is 30.2 Å². The van der Waals surface area contributed by atoms with Gasteiger partial charge in [0.15, 0.2) is 0 Å². The summed E-state index contributed by atoms with van der Waals surface area (Å²) in [6.45, 7) is 2.19. The summed E-state index contributed by atoms with van der Waals surface area (Å²) >= 11 is 3.40. The lowest BCUT2D eigenvalue weighted by Crippen LogP contribution is -2.45. The lowest BCUT2D eigenvalue weighted by atomic mass is 10.1. The Kier molecular flexibility index (Phi) is 5.32. The topological polar surface area (TPSA) is 91.4 Å². The molecular formula is C18H17BrN4O3. The number of pyridine rings is 1. The number of anilines is 1. The van der Waals surface area contributed by atoms with Crippen molar-refractivity contribution in [3.8, 4) is 0 Å². The molecule has 2 aromatic rings. The van der Waals surface area contributed by atoms with Crippen molar-refractivity contribution in [2.75, 3.05) is 11.4 Å². The molecule has 134 valence electrons. The summed E-state index contributed by atoms with van der Waals surface area (Å²) in [4.78, 5) is 42.0. The van der Waals surface area contributed by atoms with E-state index in [1.54, 1.807) is 23.2 Å². The summed E-state index contributed by atoms with van der Waals surface area (Å²) in [7, 11) is 0. The van der Waals surface area contributed by atoms with E-state index in [9.17, 15) is 14.4 Å². The van der Waals surface area contributed by atoms with Crippen LogP contribution in [0.5, 0.6) is 0 Å². The second-order valence-corrected chi connectivity index (χ2v) is 6.94. The number of nitrogens with zero attached hydrogens (tertiary/aromatic N) is 2. The Balaban J connectivity index is 1.61. The van der Waals surface area contributed by atoms with Crippen LogP contribution in [0.2, 0.25) is 0 Å². The van der Waals surface area contributed by atoms with Crippen LogP contribution >= 0.6 is 15.9 Å². The van der Waals surface area contributed by atoms with Crippen LogP contribution in [0, 0.1) is 12.8 Å². The Morgan fingerprint density at radius 1 is 1.27 bits per heavy atom. The van der Waals surface area contributed by atoms with Crippen LogP contribution in [-0.4, -0.2) is 29.3 Å². The van der Waals surface area contributed by atoms with Gasteiger partial charge in [0.25, 0.3) is 5.91 Å². The predicted molar refractivity (Wildman–Crippen MR) is 99.2 cm³/mol. The first kappa shape index (κ1) is 18.1. The molecule has 1 fully saturated rings. The van der Waals surface area contributed by atoms with Crippen molar-refractivity contribution < 1.29 is 14.4 Å². The van der Waals surface area contributed by atoms with Crippen LogP contribution in [0.4, 0.5) is 5.69 Å². The number of nitrogens with one attached hydrogen (secondary N) is 2. The molecule has 1 aromatic carbocycles. The van der Waals surface area contributed by atoms with Crippen LogP contribution in [0.1, 0.15) is 22.3 Å². The number of benzene rings is 1. The first-order valence-corrected chi connectivity index (χ1v) is 8.81. The number of halogens is 1. The van der Waals surface area contributed by atoms with Crippen molar-refractivity contribution in [2.24, 2.45) is 5.92 Å². The van der Waals surface area contributed by atoms with E-state index in [1.807, 2.05) is 25.1 Å². The minimum Gasteiger partial charge on any atom is -0.311 e. The van der Waals surface area contributed by atoms with Gasteiger partial charge in [-0.15, -0.1) is 0 Å². The number of aromatic nitrogens is 1. The Labute approximate surface area is 158 Å². The van der Waals surface area contributed by atoms with Crippen molar-refractivity contribution in [2.45, 2.75) is 13.3 Å². The van der Waals surface area contributed by atoms with Gasteiger partial charge in [-0.2, -0.15) is 0 Å². The Morgan fingerprint density at radius 2 is 2.08 bits per heavy atom. The number of hydrazine groups is 1. The number of carbonyl (C=O) groups is 3. The highest BCUT2D eigenvalue weighted by Gasteiger charge is 2.35. The van der Waals surface area contributed by atoms with Crippen LogP contribution in [0.25, 0.3) is 0 Å². The SMILES string of the molecule is Cc1cc(Br)ccc1N1C[C@H](C(=O)NNC(=O)c2cccnc2)CC1=O. The molecule has 1 aromatic heterocycles. The van der Waals surface area contributed by atoms with Crippen molar-refractivity contribution in [3.05, 3.63) is 58.3 Å².